The van der Waals surface area contributed by atoms with E-state index in [-0.39, 0.29) is 4.90 Å². The average Bonchev–Trinajstić information content (AvgIpc) is 3.08. The maximum atomic E-state index is 13.2. The van der Waals surface area contributed by atoms with Gasteiger partial charge in [0, 0.05) is 18.8 Å². The molecule has 1 saturated heterocycles. The number of rotatable bonds is 8. The zero-order valence-electron chi connectivity index (χ0n) is 20.3. The lowest BCUT2D eigenvalue weighted by Crippen LogP contribution is -2.42. The monoisotopic (exact) mass is 508 g/mol. The number of hydrogen-bond acceptors (Lipinski definition) is 5. The molecular formula is C26H28N4O5S. The fourth-order valence-corrected chi connectivity index (χ4v) is 5.76. The highest BCUT2D eigenvalue weighted by Gasteiger charge is 2.49. The van der Waals surface area contributed by atoms with Crippen molar-refractivity contribution in [3.8, 4) is 0 Å². The predicted molar refractivity (Wildman–Crippen MR) is 137 cm³/mol. The van der Waals surface area contributed by atoms with E-state index in [1.165, 1.54) is 28.6 Å². The van der Waals surface area contributed by atoms with Crippen molar-refractivity contribution in [2.24, 2.45) is 0 Å². The van der Waals surface area contributed by atoms with Crippen LogP contribution in [0.25, 0.3) is 10.8 Å². The molecule has 0 aromatic heterocycles. The van der Waals surface area contributed by atoms with Crippen LogP contribution in [-0.2, 0) is 25.2 Å². The average molecular weight is 509 g/mol. The summed E-state index contributed by atoms with van der Waals surface area (Å²) < 4.78 is 26.6. The lowest BCUT2D eigenvalue weighted by molar-refractivity contribution is -0.133. The van der Waals surface area contributed by atoms with Gasteiger partial charge >= 0.3 is 6.03 Å². The van der Waals surface area contributed by atoms with Crippen LogP contribution < -0.4 is 10.6 Å². The molecule has 0 radical (unpaired) electrons. The number of benzene rings is 3. The Balaban J connectivity index is 1.46. The van der Waals surface area contributed by atoms with Gasteiger partial charge in [-0.1, -0.05) is 50.2 Å². The molecule has 0 bridgehead atoms. The standard InChI is InChI=1S/C26H28N4O5S/c1-4-29(5-2)36(34,35)22-14-12-21(13-15-22)27-23(31)17-30-24(32)26(3,28-25(30)33)20-11-10-18-8-6-7-9-19(18)16-20/h6-16H,4-5,17H2,1-3H3,(H,27,31)(H,28,33). The van der Waals surface area contributed by atoms with Gasteiger partial charge in [-0.2, -0.15) is 4.31 Å². The fourth-order valence-electron chi connectivity index (χ4n) is 4.30. The first-order chi connectivity index (χ1) is 17.1. The van der Waals surface area contributed by atoms with Crippen molar-refractivity contribution in [3.05, 3.63) is 72.3 Å². The zero-order chi connectivity index (χ0) is 26.1. The van der Waals surface area contributed by atoms with E-state index in [4.69, 9.17) is 0 Å². The molecule has 9 nitrogen and oxygen atoms in total. The molecule has 4 rings (SSSR count). The summed E-state index contributed by atoms with van der Waals surface area (Å²) in [5, 5.41) is 7.27. The third-order valence-corrected chi connectivity index (χ3v) is 8.45. The first-order valence-corrected chi connectivity index (χ1v) is 13.1. The number of fused-ring (bicyclic) bond motifs is 1. The Morgan fingerprint density at radius 2 is 1.61 bits per heavy atom. The molecule has 0 aliphatic carbocycles. The highest BCUT2D eigenvalue weighted by atomic mass is 32.2. The van der Waals surface area contributed by atoms with Crippen molar-refractivity contribution in [1.29, 1.82) is 0 Å². The third kappa shape index (κ3) is 4.57. The molecule has 1 unspecified atom stereocenters. The second-order valence-corrected chi connectivity index (χ2v) is 10.6. The van der Waals surface area contributed by atoms with Crippen LogP contribution in [0, 0.1) is 0 Å². The number of nitrogens with one attached hydrogen (secondary N) is 2. The number of carbonyl (C=O) groups excluding carboxylic acids is 3. The van der Waals surface area contributed by atoms with E-state index in [0.717, 1.165) is 15.7 Å². The molecular weight excluding hydrogens is 480 g/mol. The van der Waals surface area contributed by atoms with Crippen LogP contribution in [0.4, 0.5) is 10.5 Å². The Kier molecular flexibility index (Phi) is 6.83. The SMILES string of the molecule is CCN(CC)S(=O)(=O)c1ccc(NC(=O)CN2C(=O)NC(C)(c3ccc4ccccc4c3)C2=O)cc1. The van der Waals surface area contributed by atoms with Gasteiger partial charge in [0.05, 0.1) is 4.90 Å². The normalized spacial score (nSPS) is 18.1. The van der Waals surface area contributed by atoms with Gasteiger partial charge in [0.2, 0.25) is 15.9 Å². The lowest BCUT2D eigenvalue weighted by atomic mass is 9.90. The molecule has 188 valence electrons. The Bertz CT molecular complexity index is 1430. The largest absolute Gasteiger partial charge is 0.325 e. The van der Waals surface area contributed by atoms with Crippen LogP contribution in [-0.4, -0.2) is 55.1 Å². The molecule has 10 heteroatoms. The molecule has 36 heavy (non-hydrogen) atoms. The van der Waals surface area contributed by atoms with Crippen LogP contribution in [0.15, 0.2) is 71.6 Å². The number of urea groups is 1. The Hall–Kier alpha value is -3.76. The van der Waals surface area contributed by atoms with Gasteiger partial charge < -0.3 is 10.6 Å². The van der Waals surface area contributed by atoms with E-state index in [1.54, 1.807) is 26.8 Å². The molecule has 0 spiro atoms. The fraction of sp³-hybridized carbons (Fsp3) is 0.269. The van der Waals surface area contributed by atoms with E-state index in [2.05, 4.69) is 10.6 Å². The Labute approximate surface area is 210 Å². The van der Waals surface area contributed by atoms with Crippen LogP contribution in [0.2, 0.25) is 0 Å². The van der Waals surface area contributed by atoms with Gasteiger partial charge in [-0.25, -0.2) is 13.2 Å². The molecule has 1 fully saturated rings. The first-order valence-electron chi connectivity index (χ1n) is 11.6. The van der Waals surface area contributed by atoms with Crippen molar-refractivity contribution in [1.82, 2.24) is 14.5 Å². The number of amides is 4. The van der Waals surface area contributed by atoms with Crippen LogP contribution in [0.5, 0.6) is 0 Å². The molecule has 1 aliphatic heterocycles. The molecule has 4 amide bonds. The highest BCUT2D eigenvalue weighted by Crippen LogP contribution is 2.31. The molecule has 1 heterocycles. The predicted octanol–water partition coefficient (Wildman–Crippen LogP) is 3.28. The quantitative estimate of drug-likeness (QED) is 0.453. The van der Waals surface area contributed by atoms with Crippen molar-refractivity contribution in [2.75, 3.05) is 25.0 Å². The summed E-state index contributed by atoms with van der Waals surface area (Å²) in [5.74, 6) is -1.11. The summed E-state index contributed by atoms with van der Waals surface area (Å²) in [6, 6.07) is 18.3. The topological polar surface area (TPSA) is 116 Å². The van der Waals surface area contributed by atoms with Crippen molar-refractivity contribution >= 4 is 44.3 Å². The van der Waals surface area contributed by atoms with Crippen molar-refractivity contribution in [3.63, 3.8) is 0 Å². The summed E-state index contributed by atoms with van der Waals surface area (Å²) in [5.41, 5.74) is -0.336. The van der Waals surface area contributed by atoms with Gasteiger partial charge in [0.1, 0.15) is 12.1 Å². The highest BCUT2D eigenvalue weighted by molar-refractivity contribution is 7.89. The van der Waals surface area contributed by atoms with Crippen LogP contribution in [0.1, 0.15) is 26.3 Å². The minimum absolute atomic E-state index is 0.115. The Morgan fingerprint density at radius 3 is 2.25 bits per heavy atom. The second kappa shape index (κ2) is 9.71. The molecule has 2 N–H and O–H groups in total. The van der Waals surface area contributed by atoms with Gasteiger partial charge in [-0.3, -0.25) is 14.5 Å². The molecule has 0 saturated carbocycles. The summed E-state index contributed by atoms with van der Waals surface area (Å²) in [6.45, 7) is 5.35. The van der Waals surface area contributed by atoms with Gasteiger partial charge in [-0.15, -0.1) is 0 Å². The molecule has 3 aromatic rings. The van der Waals surface area contributed by atoms with E-state index in [0.29, 0.717) is 24.3 Å². The molecule has 1 aliphatic rings. The number of imide groups is 1. The minimum Gasteiger partial charge on any atom is -0.325 e. The first kappa shape index (κ1) is 25.3. The maximum absolute atomic E-state index is 13.2. The van der Waals surface area contributed by atoms with Crippen LogP contribution in [0.3, 0.4) is 0 Å². The second-order valence-electron chi connectivity index (χ2n) is 8.67. The summed E-state index contributed by atoms with van der Waals surface area (Å²) in [6.07, 6.45) is 0. The van der Waals surface area contributed by atoms with E-state index in [1.807, 2.05) is 36.4 Å². The van der Waals surface area contributed by atoms with Gasteiger partial charge in [-0.05, 0) is 53.6 Å². The number of sulfonamides is 1. The van der Waals surface area contributed by atoms with E-state index in [9.17, 15) is 22.8 Å². The maximum Gasteiger partial charge on any atom is 0.325 e. The number of carbonyl (C=O) groups is 3. The number of nitrogens with zero attached hydrogens (tertiary/aromatic N) is 2. The van der Waals surface area contributed by atoms with Gasteiger partial charge in [0.25, 0.3) is 5.91 Å². The minimum atomic E-state index is -3.62. The van der Waals surface area contributed by atoms with E-state index < -0.39 is 40.0 Å². The number of anilines is 1. The Morgan fingerprint density at radius 1 is 0.972 bits per heavy atom. The summed E-state index contributed by atoms with van der Waals surface area (Å²) >= 11 is 0. The smallest absolute Gasteiger partial charge is 0.325 e. The lowest BCUT2D eigenvalue weighted by Gasteiger charge is -2.22. The van der Waals surface area contributed by atoms with Crippen molar-refractivity contribution < 1.29 is 22.8 Å². The third-order valence-electron chi connectivity index (χ3n) is 6.38. The zero-order valence-corrected chi connectivity index (χ0v) is 21.1. The summed E-state index contributed by atoms with van der Waals surface area (Å²) in [7, 11) is -3.62. The van der Waals surface area contributed by atoms with Crippen molar-refractivity contribution in [2.45, 2.75) is 31.2 Å². The van der Waals surface area contributed by atoms with E-state index >= 15 is 0 Å². The summed E-state index contributed by atoms with van der Waals surface area (Å²) in [4.78, 5) is 39.5. The van der Waals surface area contributed by atoms with Crippen LogP contribution >= 0.6 is 0 Å². The number of hydrogen-bond donors (Lipinski definition) is 2. The molecule has 3 aromatic carbocycles. The van der Waals surface area contributed by atoms with Gasteiger partial charge in [0.15, 0.2) is 0 Å². The molecule has 1 atom stereocenters.